The van der Waals surface area contributed by atoms with Gasteiger partial charge < -0.3 is 45.2 Å². The molecule has 0 radical (unpaired) electrons. The summed E-state index contributed by atoms with van der Waals surface area (Å²) in [7, 11) is 0. The summed E-state index contributed by atoms with van der Waals surface area (Å²) in [6.07, 6.45) is -7.90. The number of fused-ring (bicyclic) bond motifs is 1. The zero-order valence-electron chi connectivity index (χ0n) is 16.5. The van der Waals surface area contributed by atoms with Gasteiger partial charge in [0.1, 0.15) is 24.4 Å². The average Bonchev–Trinajstić information content (AvgIpc) is 2.96. The van der Waals surface area contributed by atoms with Gasteiger partial charge in [-0.2, -0.15) is 0 Å². The van der Waals surface area contributed by atoms with Crippen molar-refractivity contribution in [2.45, 2.75) is 63.4 Å². The highest BCUT2D eigenvalue weighted by molar-refractivity contribution is 6.04. The third-order valence-corrected chi connectivity index (χ3v) is 5.94. The van der Waals surface area contributed by atoms with Gasteiger partial charge in [0, 0.05) is 11.5 Å². The highest BCUT2D eigenvalue weighted by Crippen LogP contribution is 2.40. The van der Waals surface area contributed by atoms with Crippen molar-refractivity contribution in [1.82, 2.24) is 0 Å². The summed E-state index contributed by atoms with van der Waals surface area (Å²) in [5.41, 5.74) is 1.84. The van der Waals surface area contributed by atoms with E-state index in [2.05, 4.69) is 0 Å². The van der Waals surface area contributed by atoms with Gasteiger partial charge in [0.05, 0.1) is 32.5 Å². The maximum Gasteiger partial charge on any atom is 0.186 e. The van der Waals surface area contributed by atoms with Crippen LogP contribution in [0, 0.1) is 5.92 Å². The number of ether oxygens (including phenoxy) is 2. The lowest BCUT2D eigenvalue weighted by Gasteiger charge is -2.39. The van der Waals surface area contributed by atoms with Crippen molar-refractivity contribution in [3.8, 4) is 0 Å². The molecule has 1 aliphatic carbocycles. The normalized spacial score (nSPS) is 33.7. The van der Waals surface area contributed by atoms with Gasteiger partial charge >= 0.3 is 0 Å². The van der Waals surface area contributed by atoms with Crippen LogP contribution in [0.3, 0.4) is 0 Å². The second-order valence-electron chi connectivity index (χ2n) is 7.69. The molecule has 0 aromatic heterocycles. The molecule has 1 fully saturated rings. The molecule has 1 heterocycles. The van der Waals surface area contributed by atoms with Gasteiger partial charge in [0.2, 0.25) is 0 Å². The Labute approximate surface area is 172 Å². The van der Waals surface area contributed by atoms with Gasteiger partial charge in [-0.15, -0.1) is 0 Å². The lowest BCUT2D eigenvalue weighted by atomic mass is 9.91. The standard InChI is InChI=1S/C20H28O10/c1-8-15(24)11-4-9(5-21)10(12(6-22)14(11)16(8)25)2-3-29-20-19(28)18(27)17(26)13(7-23)30-20/h4,8,13,15,17-24,26-28H,2-3,5-7H2,1H3. The molecule has 1 aromatic carbocycles. The highest BCUT2D eigenvalue weighted by atomic mass is 16.7. The molecule has 7 atom stereocenters. The van der Waals surface area contributed by atoms with Crippen LogP contribution >= 0.6 is 0 Å². The van der Waals surface area contributed by atoms with E-state index in [1.54, 1.807) is 13.0 Å². The molecule has 10 nitrogen and oxygen atoms in total. The molecule has 7 N–H and O–H groups in total. The van der Waals surface area contributed by atoms with Crippen LogP contribution in [0.25, 0.3) is 0 Å². The molecule has 1 aliphatic heterocycles. The van der Waals surface area contributed by atoms with Crippen molar-refractivity contribution in [3.63, 3.8) is 0 Å². The summed E-state index contributed by atoms with van der Waals surface area (Å²) < 4.78 is 10.8. The van der Waals surface area contributed by atoms with Gasteiger partial charge in [-0.1, -0.05) is 6.92 Å². The number of Topliss-reactive ketones (excluding diaryl/α,β-unsaturated/α-hetero) is 1. The van der Waals surface area contributed by atoms with Gasteiger partial charge in [0.15, 0.2) is 12.1 Å². The van der Waals surface area contributed by atoms with Crippen LogP contribution in [0.5, 0.6) is 0 Å². The second kappa shape index (κ2) is 9.35. The lowest BCUT2D eigenvalue weighted by molar-refractivity contribution is -0.300. The molecule has 3 rings (SSSR count). The molecule has 0 amide bonds. The minimum atomic E-state index is -1.57. The first-order chi connectivity index (χ1) is 14.3. The molecular weight excluding hydrogens is 400 g/mol. The minimum Gasteiger partial charge on any atom is -0.394 e. The molecule has 0 saturated carbocycles. The number of hydrogen-bond donors (Lipinski definition) is 7. The summed E-state index contributed by atoms with van der Waals surface area (Å²) in [5, 5.41) is 68.9. The van der Waals surface area contributed by atoms with Crippen LogP contribution in [-0.4, -0.2) is 85.4 Å². The molecular formula is C20H28O10. The lowest BCUT2D eigenvalue weighted by Crippen LogP contribution is -2.59. The Hall–Kier alpha value is -1.47. The van der Waals surface area contributed by atoms with E-state index in [1.165, 1.54) is 0 Å². The van der Waals surface area contributed by atoms with E-state index in [1.807, 2.05) is 0 Å². The van der Waals surface area contributed by atoms with Crippen LogP contribution in [0.15, 0.2) is 6.07 Å². The number of carbonyl (C=O) groups is 1. The van der Waals surface area contributed by atoms with E-state index in [9.17, 15) is 40.5 Å². The Morgan fingerprint density at radius 2 is 1.70 bits per heavy atom. The fraction of sp³-hybridized carbons (Fsp3) is 0.650. The van der Waals surface area contributed by atoms with E-state index < -0.39 is 55.9 Å². The smallest absolute Gasteiger partial charge is 0.186 e. The Morgan fingerprint density at radius 1 is 1.00 bits per heavy atom. The van der Waals surface area contributed by atoms with Gasteiger partial charge in [0.25, 0.3) is 0 Å². The number of ketones is 1. The molecule has 30 heavy (non-hydrogen) atoms. The number of benzene rings is 1. The Balaban J connectivity index is 1.80. The monoisotopic (exact) mass is 428 g/mol. The largest absolute Gasteiger partial charge is 0.394 e. The molecule has 10 heteroatoms. The van der Waals surface area contributed by atoms with Gasteiger partial charge in [-0.05, 0) is 34.7 Å². The third-order valence-electron chi connectivity index (χ3n) is 5.94. The summed E-state index contributed by atoms with van der Waals surface area (Å²) >= 11 is 0. The van der Waals surface area contributed by atoms with E-state index in [0.717, 1.165) is 0 Å². The summed E-state index contributed by atoms with van der Waals surface area (Å²) in [6, 6.07) is 1.55. The van der Waals surface area contributed by atoms with Gasteiger partial charge in [-0.3, -0.25) is 4.79 Å². The van der Waals surface area contributed by atoms with Gasteiger partial charge in [-0.25, -0.2) is 0 Å². The predicted octanol–water partition coefficient (Wildman–Crippen LogP) is -2.10. The molecule has 2 aliphatic rings. The van der Waals surface area contributed by atoms with Crippen molar-refractivity contribution in [2.75, 3.05) is 13.2 Å². The van der Waals surface area contributed by atoms with Crippen LogP contribution in [0.1, 0.15) is 45.6 Å². The van der Waals surface area contributed by atoms with Crippen molar-refractivity contribution in [2.24, 2.45) is 5.92 Å². The first kappa shape index (κ1) is 23.2. The molecule has 1 saturated heterocycles. The van der Waals surface area contributed by atoms with Crippen LogP contribution in [0.4, 0.5) is 0 Å². The van der Waals surface area contributed by atoms with Crippen LogP contribution < -0.4 is 0 Å². The predicted molar refractivity (Wildman–Crippen MR) is 100 cm³/mol. The molecule has 1 aromatic rings. The quantitative estimate of drug-likeness (QED) is 0.254. The topological polar surface area (TPSA) is 177 Å². The molecule has 0 spiro atoms. The van der Waals surface area contributed by atoms with Crippen LogP contribution in [0.2, 0.25) is 0 Å². The zero-order valence-corrected chi connectivity index (χ0v) is 16.5. The van der Waals surface area contributed by atoms with Crippen molar-refractivity contribution in [1.29, 1.82) is 0 Å². The average molecular weight is 428 g/mol. The SMILES string of the molecule is CC1C(=O)c2c(cc(CO)c(CCOC3OC(CO)C(O)C(O)C3O)c2CO)C1O. The van der Waals surface area contributed by atoms with Crippen molar-refractivity contribution in [3.05, 3.63) is 33.9 Å². The summed E-state index contributed by atoms with van der Waals surface area (Å²) in [5.74, 6) is -0.945. The van der Waals surface area contributed by atoms with Crippen molar-refractivity contribution < 1.29 is 50.0 Å². The van der Waals surface area contributed by atoms with Crippen molar-refractivity contribution >= 4 is 5.78 Å². The number of carbonyl (C=O) groups excluding carboxylic acids is 1. The van der Waals surface area contributed by atoms with E-state index in [0.29, 0.717) is 22.3 Å². The Kier molecular flexibility index (Phi) is 7.23. The first-order valence-electron chi connectivity index (χ1n) is 9.80. The third kappa shape index (κ3) is 3.91. The number of aliphatic hydroxyl groups is 7. The summed E-state index contributed by atoms with van der Waals surface area (Å²) in [6.45, 7) is 0.0751. The second-order valence-corrected chi connectivity index (χ2v) is 7.69. The maximum absolute atomic E-state index is 12.5. The number of aliphatic hydroxyl groups excluding tert-OH is 7. The van der Waals surface area contributed by atoms with E-state index in [-0.39, 0.29) is 31.0 Å². The maximum atomic E-state index is 12.5. The molecule has 0 bridgehead atoms. The van der Waals surface area contributed by atoms with E-state index in [4.69, 9.17) is 9.47 Å². The van der Waals surface area contributed by atoms with Crippen LogP contribution in [-0.2, 0) is 29.1 Å². The zero-order chi connectivity index (χ0) is 22.2. The Morgan fingerprint density at radius 3 is 2.30 bits per heavy atom. The summed E-state index contributed by atoms with van der Waals surface area (Å²) in [4.78, 5) is 12.5. The fourth-order valence-electron chi connectivity index (χ4n) is 4.14. The Bertz CT molecular complexity index is 779. The highest BCUT2D eigenvalue weighted by Gasteiger charge is 2.44. The van der Waals surface area contributed by atoms with E-state index >= 15 is 0 Å². The fourth-order valence-corrected chi connectivity index (χ4v) is 4.14. The number of rotatable bonds is 7. The first-order valence-corrected chi connectivity index (χ1v) is 9.80. The molecule has 168 valence electrons. The minimum absolute atomic E-state index is 0.0756. The molecule has 7 unspecified atom stereocenters. The number of hydrogen-bond acceptors (Lipinski definition) is 10.